The van der Waals surface area contributed by atoms with Crippen LogP contribution in [-0.2, 0) is 30.3 Å². The summed E-state index contributed by atoms with van der Waals surface area (Å²) in [6, 6.07) is 24.3. The van der Waals surface area contributed by atoms with Crippen LogP contribution in [0.25, 0.3) is 0 Å². The highest BCUT2D eigenvalue weighted by atomic mass is 35.5. The van der Waals surface area contributed by atoms with Crippen LogP contribution in [0.4, 0.5) is 5.69 Å². The predicted molar refractivity (Wildman–Crippen MR) is 152 cm³/mol. The lowest BCUT2D eigenvalue weighted by molar-refractivity contribution is -0.127. The minimum atomic E-state index is -0.679. The van der Waals surface area contributed by atoms with E-state index in [-0.39, 0.29) is 18.0 Å². The summed E-state index contributed by atoms with van der Waals surface area (Å²) >= 11 is 6.49. The van der Waals surface area contributed by atoms with Crippen molar-refractivity contribution in [1.29, 1.82) is 0 Å². The molecule has 2 aliphatic heterocycles. The Morgan fingerprint density at radius 2 is 1.74 bits per heavy atom. The Hall–Kier alpha value is -3.68. The molecule has 0 radical (unpaired) electrons. The molecule has 4 aromatic rings. The van der Waals surface area contributed by atoms with E-state index in [1.165, 1.54) is 5.56 Å². The number of rotatable bonds is 6. The third-order valence-corrected chi connectivity index (χ3v) is 8.48. The van der Waals surface area contributed by atoms with Crippen LogP contribution >= 0.6 is 11.6 Å². The average molecular weight is 542 g/mol. The number of carbonyl (C=O) groups excluding carboxylic acids is 1. The zero-order valence-electron chi connectivity index (χ0n) is 22.4. The normalized spacial score (nSPS) is 22.9. The summed E-state index contributed by atoms with van der Waals surface area (Å²) in [5, 5.41) is 9.41. The number of ether oxygens (including phenoxy) is 1. The second-order valence-corrected chi connectivity index (χ2v) is 11.2. The van der Waals surface area contributed by atoms with Crippen molar-refractivity contribution in [1.82, 2.24) is 19.9 Å². The molecular weight excluding hydrogens is 510 g/mol. The zero-order chi connectivity index (χ0) is 27.1. The van der Waals surface area contributed by atoms with Crippen molar-refractivity contribution < 1.29 is 9.53 Å². The van der Waals surface area contributed by atoms with E-state index in [2.05, 4.69) is 52.5 Å². The van der Waals surface area contributed by atoms with Gasteiger partial charge in [-0.15, -0.1) is 5.10 Å². The molecule has 1 amide bonds. The largest absolute Gasteiger partial charge is 0.497 e. The highest BCUT2D eigenvalue weighted by Gasteiger charge is 2.56. The highest BCUT2D eigenvalue weighted by Crippen LogP contribution is 2.54. The summed E-state index contributed by atoms with van der Waals surface area (Å²) in [6.07, 6.45) is 3.31. The summed E-state index contributed by atoms with van der Waals surface area (Å²) in [5.74, 6) is 0.911. The number of hydrogen-bond acceptors (Lipinski definition) is 5. The highest BCUT2D eigenvalue weighted by molar-refractivity contribution is 6.31. The molecule has 1 aromatic heterocycles. The summed E-state index contributed by atoms with van der Waals surface area (Å²) in [7, 11) is 3.54. The molecule has 0 N–H and O–H groups in total. The fourth-order valence-corrected chi connectivity index (χ4v) is 6.56. The molecule has 3 aromatic carbocycles. The number of benzene rings is 3. The molecule has 1 fully saturated rings. The van der Waals surface area contributed by atoms with E-state index < -0.39 is 5.41 Å². The van der Waals surface area contributed by atoms with E-state index in [1.54, 1.807) is 11.8 Å². The number of amides is 1. The Morgan fingerprint density at radius 1 is 1.00 bits per heavy atom. The van der Waals surface area contributed by atoms with Gasteiger partial charge in [-0.3, -0.25) is 14.4 Å². The molecule has 0 aliphatic carbocycles. The second kappa shape index (κ2) is 10.1. The van der Waals surface area contributed by atoms with Crippen LogP contribution in [0.3, 0.4) is 0 Å². The quantitative estimate of drug-likeness (QED) is 0.314. The average Bonchev–Trinajstić information content (AvgIpc) is 3.46. The van der Waals surface area contributed by atoms with Crippen LogP contribution in [0.5, 0.6) is 5.75 Å². The van der Waals surface area contributed by atoms with Gasteiger partial charge in [0, 0.05) is 36.5 Å². The number of nitrogens with zero attached hydrogens (tertiary/aromatic N) is 5. The minimum Gasteiger partial charge on any atom is -0.497 e. The van der Waals surface area contributed by atoms with Crippen molar-refractivity contribution >= 4 is 23.2 Å². The van der Waals surface area contributed by atoms with Gasteiger partial charge in [-0.1, -0.05) is 65.3 Å². The summed E-state index contributed by atoms with van der Waals surface area (Å²) in [6.45, 7) is 3.47. The number of halogens is 1. The number of methoxy groups -OCH3 is 1. The monoisotopic (exact) mass is 541 g/mol. The zero-order valence-corrected chi connectivity index (χ0v) is 23.2. The van der Waals surface area contributed by atoms with Gasteiger partial charge in [0.1, 0.15) is 5.75 Å². The molecule has 1 spiro atoms. The van der Waals surface area contributed by atoms with Gasteiger partial charge >= 0.3 is 0 Å². The van der Waals surface area contributed by atoms with Crippen LogP contribution in [-0.4, -0.2) is 39.0 Å². The number of piperidine rings is 1. The maximum atomic E-state index is 14.6. The molecule has 6 rings (SSSR count). The van der Waals surface area contributed by atoms with Crippen molar-refractivity contribution in [3.8, 4) is 5.75 Å². The summed E-state index contributed by atoms with van der Waals surface area (Å²) in [5.41, 5.74) is 4.42. The van der Waals surface area contributed by atoms with E-state index in [1.807, 2.05) is 60.6 Å². The first-order valence-electron chi connectivity index (χ1n) is 13.3. The molecule has 3 heterocycles. The number of carbonyl (C=O) groups is 1. The van der Waals surface area contributed by atoms with E-state index in [0.717, 1.165) is 34.8 Å². The Balaban J connectivity index is 1.40. The number of aromatic nitrogens is 3. The maximum Gasteiger partial charge on any atom is 0.238 e. The standard InChI is InChI=1S/C31H32ClN5O2/c1-21-16-31(17-29(27-20-35(2)34-33-27)36(21)18-22-7-5-4-6-8-22)26-14-11-24(32)15-28(26)37(30(31)38)19-23-9-12-25(39-3)13-10-23/h4-15,20-21,29H,16-19H2,1-3H3/t21-,29-,31?/m0/s1. The molecular formula is C31H32ClN5O2. The van der Waals surface area contributed by atoms with Crippen molar-refractivity contribution in [3.63, 3.8) is 0 Å². The van der Waals surface area contributed by atoms with Crippen molar-refractivity contribution in [2.45, 2.75) is 50.4 Å². The Labute approximate surface area is 233 Å². The molecule has 0 bridgehead atoms. The number of likely N-dealkylation sites (tertiary alicyclic amines) is 1. The number of hydrogen-bond donors (Lipinski definition) is 0. The van der Waals surface area contributed by atoms with Gasteiger partial charge in [0.05, 0.1) is 30.8 Å². The third-order valence-electron chi connectivity index (χ3n) is 8.24. The van der Waals surface area contributed by atoms with Crippen LogP contribution in [0.1, 0.15) is 48.2 Å². The SMILES string of the molecule is COc1ccc(CN2C(=O)C3(C[C@H](C)N(Cc4ccccc4)[C@H](c4cn(C)nn4)C3)c3ccc(Cl)cc32)cc1. The maximum absolute atomic E-state index is 14.6. The molecule has 8 heteroatoms. The molecule has 0 saturated carbocycles. The fraction of sp³-hybridized carbons (Fsp3) is 0.323. The molecule has 2 aliphatic rings. The molecule has 3 atom stereocenters. The van der Waals surface area contributed by atoms with Gasteiger partial charge in [0.25, 0.3) is 0 Å². The lowest BCUT2D eigenvalue weighted by atomic mass is 9.68. The topological polar surface area (TPSA) is 63.5 Å². The minimum absolute atomic E-state index is 0.0731. The molecule has 39 heavy (non-hydrogen) atoms. The Kier molecular flexibility index (Phi) is 6.65. The van der Waals surface area contributed by atoms with Gasteiger partial charge in [-0.25, -0.2) is 0 Å². The van der Waals surface area contributed by atoms with Gasteiger partial charge < -0.3 is 9.64 Å². The van der Waals surface area contributed by atoms with Crippen LogP contribution in [0.15, 0.2) is 79.0 Å². The van der Waals surface area contributed by atoms with Gasteiger partial charge in [-0.2, -0.15) is 0 Å². The predicted octanol–water partition coefficient (Wildman–Crippen LogP) is 5.69. The summed E-state index contributed by atoms with van der Waals surface area (Å²) in [4.78, 5) is 19.0. The van der Waals surface area contributed by atoms with E-state index in [0.29, 0.717) is 24.4 Å². The van der Waals surface area contributed by atoms with Gasteiger partial charge in [-0.05, 0) is 60.7 Å². The summed E-state index contributed by atoms with van der Waals surface area (Å²) < 4.78 is 7.07. The van der Waals surface area contributed by atoms with Crippen LogP contribution in [0.2, 0.25) is 5.02 Å². The smallest absolute Gasteiger partial charge is 0.238 e. The van der Waals surface area contributed by atoms with E-state index in [4.69, 9.17) is 16.3 Å². The fourth-order valence-electron chi connectivity index (χ4n) is 6.39. The Bertz CT molecular complexity index is 1490. The van der Waals surface area contributed by atoms with Gasteiger partial charge in [0.2, 0.25) is 5.91 Å². The molecule has 7 nitrogen and oxygen atoms in total. The lowest BCUT2D eigenvalue weighted by Crippen LogP contribution is -2.53. The third kappa shape index (κ3) is 4.60. The molecule has 1 saturated heterocycles. The van der Waals surface area contributed by atoms with E-state index >= 15 is 0 Å². The van der Waals surface area contributed by atoms with Crippen LogP contribution < -0.4 is 9.64 Å². The number of aryl methyl sites for hydroxylation is 1. The van der Waals surface area contributed by atoms with E-state index in [9.17, 15) is 4.79 Å². The molecule has 200 valence electrons. The van der Waals surface area contributed by atoms with Crippen molar-refractivity contribution in [3.05, 3.63) is 106 Å². The number of anilines is 1. The number of fused-ring (bicyclic) bond motifs is 2. The first-order valence-corrected chi connectivity index (χ1v) is 13.7. The first kappa shape index (κ1) is 25.6. The van der Waals surface area contributed by atoms with Crippen LogP contribution in [0, 0.1) is 0 Å². The molecule has 1 unspecified atom stereocenters. The lowest BCUT2D eigenvalue weighted by Gasteiger charge is -2.47. The van der Waals surface area contributed by atoms with Gasteiger partial charge in [0.15, 0.2) is 0 Å². The second-order valence-electron chi connectivity index (χ2n) is 10.7. The van der Waals surface area contributed by atoms with Crippen molar-refractivity contribution in [2.75, 3.05) is 12.0 Å². The first-order chi connectivity index (χ1) is 18.9. The Morgan fingerprint density at radius 3 is 2.44 bits per heavy atom. The van der Waals surface area contributed by atoms with Crippen molar-refractivity contribution in [2.24, 2.45) is 7.05 Å².